The first-order valence-corrected chi connectivity index (χ1v) is 6.12. The van der Waals surface area contributed by atoms with Gasteiger partial charge in [-0.1, -0.05) is 12.1 Å². The van der Waals surface area contributed by atoms with Gasteiger partial charge in [-0.2, -0.15) is 24.9 Å². The van der Waals surface area contributed by atoms with Crippen LogP contribution in [0.2, 0.25) is 0 Å². The molecule has 1 N–H and O–H groups in total. The summed E-state index contributed by atoms with van der Waals surface area (Å²) >= 11 is 1.79. The Balaban J connectivity index is 0.00000144. The second-order valence-corrected chi connectivity index (χ2v) is 4.99. The minimum atomic E-state index is -4.24. The maximum Gasteiger partial charge on any atom is 0.416 e. The quantitative estimate of drug-likeness (QED) is 0.846. The molecule has 0 aromatic heterocycles. The predicted molar refractivity (Wildman–Crippen MR) is 66.8 cm³/mol. The molecular formula is C11H13ClF3NS. The molecule has 0 radical (unpaired) electrons. The Morgan fingerprint density at radius 3 is 2.29 bits per heavy atom. The fourth-order valence-corrected chi connectivity index (χ4v) is 2.80. The highest BCUT2D eigenvalue weighted by molar-refractivity contribution is 7.99. The third-order valence-electron chi connectivity index (χ3n) is 2.54. The molecule has 6 heteroatoms. The normalized spacial score (nSPS) is 20.8. The number of alkyl halides is 3. The number of benzene rings is 1. The average Bonchev–Trinajstić information content (AvgIpc) is 2.29. The molecule has 1 fully saturated rings. The molecular weight excluding hydrogens is 271 g/mol. The van der Waals surface area contributed by atoms with E-state index in [1.54, 1.807) is 23.9 Å². The van der Waals surface area contributed by atoms with Gasteiger partial charge in [-0.05, 0) is 17.7 Å². The largest absolute Gasteiger partial charge is 0.416 e. The summed E-state index contributed by atoms with van der Waals surface area (Å²) in [5.41, 5.74) is 0.384. The molecule has 2 rings (SSSR count). The van der Waals surface area contributed by atoms with E-state index in [4.69, 9.17) is 0 Å². The van der Waals surface area contributed by atoms with Crippen LogP contribution in [0, 0.1) is 0 Å². The van der Waals surface area contributed by atoms with Gasteiger partial charge in [-0.15, -0.1) is 12.4 Å². The number of rotatable bonds is 1. The van der Waals surface area contributed by atoms with E-state index in [1.807, 2.05) is 0 Å². The Morgan fingerprint density at radius 2 is 1.82 bits per heavy atom. The summed E-state index contributed by atoms with van der Waals surface area (Å²) in [5, 5.41) is 3.51. The van der Waals surface area contributed by atoms with Crippen molar-refractivity contribution in [3.8, 4) is 0 Å². The fourth-order valence-electron chi connectivity index (χ4n) is 1.67. The van der Waals surface area contributed by atoms with Gasteiger partial charge >= 0.3 is 6.18 Å². The van der Waals surface area contributed by atoms with Gasteiger partial charge in [0.1, 0.15) is 0 Å². The van der Waals surface area contributed by atoms with Crippen LogP contribution in [-0.2, 0) is 6.18 Å². The first-order chi connectivity index (χ1) is 7.57. The summed E-state index contributed by atoms with van der Waals surface area (Å²) in [6.45, 7) is 1.80. The first-order valence-electron chi connectivity index (χ1n) is 5.07. The topological polar surface area (TPSA) is 12.0 Å². The van der Waals surface area contributed by atoms with Crippen molar-refractivity contribution in [1.82, 2.24) is 5.32 Å². The highest BCUT2D eigenvalue weighted by Gasteiger charge is 2.30. The van der Waals surface area contributed by atoms with Crippen LogP contribution in [0.3, 0.4) is 0 Å². The van der Waals surface area contributed by atoms with Crippen molar-refractivity contribution in [1.29, 1.82) is 0 Å². The minimum Gasteiger partial charge on any atom is -0.314 e. The second-order valence-electron chi connectivity index (χ2n) is 3.68. The Kier molecular flexibility index (Phi) is 5.16. The van der Waals surface area contributed by atoms with Gasteiger partial charge in [0.15, 0.2) is 0 Å². The number of hydrogen-bond acceptors (Lipinski definition) is 2. The van der Waals surface area contributed by atoms with Crippen LogP contribution < -0.4 is 5.32 Å². The van der Waals surface area contributed by atoms with Crippen molar-refractivity contribution in [2.24, 2.45) is 0 Å². The average molecular weight is 284 g/mol. The van der Waals surface area contributed by atoms with Crippen LogP contribution in [-0.4, -0.2) is 18.8 Å². The van der Waals surface area contributed by atoms with E-state index in [0.717, 1.165) is 36.5 Å². The molecule has 1 saturated heterocycles. The molecule has 1 aromatic rings. The van der Waals surface area contributed by atoms with Crippen LogP contribution >= 0.6 is 24.2 Å². The van der Waals surface area contributed by atoms with Crippen molar-refractivity contribution in [3.05, 3.63) is 35.4 Å². The number of thioether (sulfide) groups is 1. The standard InChI is InChI=1S/C11H12F3NS.ClH/c12-11(13,14)9-3-1-8(2-4-9)10-7-15-5-6-16-10;/h1-4,10,15H,5-7H2;1H. The zero-order valence-electron chi connectivity index (χ0n) is 8.96. The van der Waals surface area contributed by atoms with Gasteiger partial charge in [0.2, 0.25) is 0 Å². The summed E-state index contributed by atoms with van der Waals surface area (Å²) in [6.07, 6.45) is -4.24. The Labute approximate surface area is 109 Å². The monoisotopic (exact) mass is 283 g/mol. The van der Waals surface area contributed by atoms with E-state index in [1.165, 1.54) is 0 Å². The third-order valence-corrected chi connectivity index (χ3v) is 3.82. The maximum absolute atomic E-state index is 12.3. The molecule has 1 aliphatic rings. The van der Waals surface area contributed by atoms with Gasteiger partial charge in [0.05, 0.1) is 5.56 Å². The summed E-state index contributed by atoms with van der Waals surface area (Å²) in [4.78, 5) is 0. The van der Waals surface area contributed by atoms with E-state index in [9.17, 15) is 13.2 Å². The van der Waals surface area contributed by atoms with E-state index in [-0.39, 0.29) is 17.7 Å². The van der Waals surface area contributed by atoms with Crippen molar-refractivity contribution >= 4 is 24.2 Å². The van der Waals surface area contributed by atoms with Crippen molar-refractivity contribution in [2.75, 3.05) is 18.8 Å². The molecule has 1 unspecified atom stereocenters. The van der Waals surface area contributed by atoms with Gasteiger partial charge in [-0.3, -0.25) is 0 Å². The molecule has 17 heavy (non-hydrogen) atoms. The van der Waals surface area contributed by atoms with Crippen LogP contribution in [0.4, 0.5) is 13.2 Å². The van der Waals surface area contributed by atoms with E-state index in [2.05, 4.69) is 5.32 Å². The fraction of sp³-hybridized carbons (Fsp3) is 0.455. The van der Waals surface area contributed by atoms with Crippen LogP contribution in [0.1, 0.15) is 16.4 Å². The van der Waals surface area contributed by atoms with Crippen molar-refractivity contribution in [3.63, 3.8) is 0 Å². The summed E-state index contributed by atoms with van der Waals surface area (Å²) in [6, 6.07) is 5.47. The van der Waals surface area contributed by atoms with Crippen molar-refractivity contribution < 1.29 is 13.2 Å². The third kappa shape index (κ3) is 3.79. The van der Waals surface area contributed by atoms with E-state index >= 15 is 0 Å². The molecule has 1 atom stereocenters. The zero-order chi connectivity index (χ0) is 11.6. The minimum absolute atomic E-state index is 0. The molecule has 0 spiro atoms. The van der Waals surface area contributed by atoms with Gasteiger partial charge in [-0.25, -0.2) is 0 Å². The van der Waals surface area contributed by atoms with Gasteiger partial charge in [0, 0.05) is 24.1 Å². The van der Waals surface area contributed by atoms with E-state index < -0.39 is 11.7 Å². The molecule has 1 aromatic carbocycles. The SMILES string of the molecule is Cl.FC(F)(F)c1ccc(C2CNCCS2)cc1. The highest BCUT2D eigenvalue weighted by atomic mass is 35.5. The van der Waals surface area contributed by atoms with Crippen molar-refractivity contribution in [2.45, 2.75) is 11.4 Å². The molecule has 0 saturated carbocycles. The molecule has 0 aliphatic carbocycles. The number of nitrogens with one attached hydrogen (secondary N) is 1. The van der Waals surface area contributed by atoms with Crippen LogP contribution in [0.15, 0.2) is 24.3 Å². The summed E-state index contributed by atoms with van der Waals surface area (Å²) in [7, 11) is 0. The van der Waals surface area contributed by atoms with Gasteiger partial charge in [0.25, 0.3) is 0 Å². The lowest BCUT2D eigenvalue weighted by Gasteiger charge is -2.23. The lowest BCUT2D eigenvalue weighted by molar-refractivity contribution is -0.137. The van der Waals surface area contributed by atoms with Crippen LogP contribution in [0.5, 0.6) is 0 Å². The van der Waals surface area contributed by atoms with Crippen LogP contribution in [0.25, 0.3) is 0 Å². The lowest BCUT2D eigenvalue weighted by atomic mass is 10.1. The number of hydrogen-bond donors (Lipinski definition) is 1. The lowest BCUT2D eigenvalue weighted by Crippen LogP contribution is -2.28. The highest BCUT2D eigenvalue weighted by Crippen LogP contribution is 2.33. The Hall–Kier alpha value is -0.390. The smallest absolute Gasteiger partial charge is 0.314 e. The van der Waals surface area contributed by atoms with E-state index in [0.29, 0.717) is 0 Å². The second kappa shape index (κ2) is 5.98. The first kappa shape index (κ1) is 14.7. The molecule has 1 aliphatic heterocycles. The molecule has 0 bridgehead atoms. The van der Waals surface area contributed by atoms with Gasteiger partial charge < -0.3 is 5.32 Å². The predicted octanol–water partition coefficient (Wildman–Crippen LogP) is 3.50. The number of halogens is 4. The molecule has 1 nitrogen and oxygen atoms in total. The molecule has 0 amide bonds. The molecule has 96 valence electrons. The summed E-state index contributed by atoms with van der Waals surface area (Å²) in [5.74, 6) is 1.01. The maximum atomic E-state index is 12.3. The zero-order valence-corrected chi connectivity index (χ0v) is 10.6. The Morgan fingerprint density at radius 1 is 1.18 bits per heavy atom. The molecule has 1 heterocycles. The Bertz CT molecular complexity index is 347. The summed E-state index contributed by atoms with van der Waals surface area (Å²) < 4.78 is 37.0.